The first kappa shape index (κ1) is 15.6. The van der Waals surface area contributed by atoms with Crippen LogP contribution >= 0.6 is 11.6 Å². The summed E-state index contributed by atoms with van der Waals surface area (Å²) in [6.07, 6.45) is 1.54. The Morgan fingerprint density at radius 3 is 2.57 bits per heavy atom. The van der Waals surface area contributed by atoms with Crippen LogP contribution in [-0.2, 0) is 10.3 Å². The standard InChI is InChI=1S/C16H19ClN2O2/c1-5-21-15(20)12-10-18-19(16(2,3)4)14(12)11-8-6-7-9-13(11)17/h6-10H,5H2,1-4H3. The molecule has 21 heavy (non-hydrogen) atoms. The highest BCUT2D eigenvalue weighted by Crippen LogP contribution is 2.33. The van der Waals surface area contributed by atoms with Crippen LogP contribution in [0.4, 0.5) is 0 Å². The molecule has 0 saturated heterocycles. The Morgan fingerprint density at radius 2 is 2.00 bits per heavy atom. The van der Waals surface area contributed by atoms with E-state index in [1.54, 1.807) is 23.9 Å². The number of ether oxygens (including phenoxy) is 1. The van der Waals surface area contributed by atoms with E-state index in [9.17, 15) is 4.79 Å². The van der Waals surface area contributed by atoms with Crippen LogP contribution in [0, 0.1) is 0 Å². The Kier molecular flexibility index (Phi) is 4.37. The van der Waals surface area contributed by atoms with E-state index in [4.69, 9.17) is 16.3 Å². The monoisotopic (exact) mass is 306 g/mol. The molecule has 1 heterocycles. The normalized spacial score (nSPS) is 11.5. The molecule has 2 rings (SSSR count). The van der Waals surface area contributed by atoms with Crippen molar-refractivity contribution in [2.45, 2.75) is 33.2 Å². The lowest BCUT2D eigenvalue weighted by Crippen LogP contribution is -2.24. The summed E-state index contributed by atoms with van der Waals surface area (Å²) < 4.78 is 6.93. The number of aromatic nitrogens is 2. The molecule has 4 nitrogen and oxygen atoms in total. The fourth-order valence-corrected chi connectivity index (χ4v) is 2.35. The SMILES string of the molecule is CCOC(=O)c1cnn(C(C)(C)C)c1-c1ccccc1Cl. The minimum atomic E-state index is -0.386. The van der Waals surface area contributed by atoms with Crippen molar-refractivity contribution in [3.05, 3.63) is 41.0 Å². The first-order valence-electron chi connectivity index (χ1n) is 6.86. The fourth-order valence-electron chi connectivity index (χ4n) is 2.13. The molecule has 0 spiro atoms. The van der Waals surface area contributed by atoms with Gasteiger partial charge < -0.3 is 4.74 Å². The van der Waals surface area contributed by atoms with Gasteiger partial charge in [0, 0.05) is 10.6 Å². The van der Waals surface area contributed by atoms with Crippen LogP contribution in [0.15, 0.2) is 30.5 Å². The van der Waals surface area contributed by atoms with Gasteiger partial charge in [-0.05, 0) is 33.8 Å². The van der Waals surface area contributed by atoms with Crippen molar-refractivity contribution < 1.29 is 9.53 Å². The largest absolute Gasteiger partial charge is 0.462 e. The highest BCUT2D eigenvalue weighted by atomic mass is 35.5. The zero-order chi connectivity index (χ0) is 15.6. The van der Waals surface area contributed by atoms with Crippen molar-refractivity contribution in [2.24, 2.45) is 0 Å². The first-order chi connectivity index (χ1) is 9.86. The zero-order valence-electron chi connectivity index (χ0n) is 12.7. The van der Waals surface area contributed by atoms with Gasteiger partial charge in [0.15, 0.2) is 0 Å². The van der Waals surface area contributed by atoms with E-state index in [-0.39, 0.29) is 11.5 Å². The fraction of sp³-hybridized carbons (Fsp3) is 0.375. The smallest absolute Gasteiger partial charge is 0.341 e. The predicted octanol–water partition coefficient (Wildman–Crippen LogP) is 4.14. The highest BCUT2D eigenvalue weighted by Gasteiger charge is 2.26. The van der Waals surface area contributed by atoms with Gasteiger partial charge in [0.25, 0.3) is 0 Å². The average Bonchev–Trinajstić information content (AvgIpc) is 2.84. The number of hydrogen-bond acceptors (Lipinski definition) is 3. The Morgan fingerprint density at radius 1 is 1.33 bits per heavy atom. The van der Waals surface area contributed by atoms with Gasteiger partial charge in [0.1, 0.15) is 5.56 Å². The number of rotatable bonds is 3. The molecule has 0 atom stereocenters. The Bertz CT molecular complexity index is 657. The second-order valence-corrected chi connectivity index (χ2v) is 6.10. The number of halogens is 1. The van der Waals surface area contributed by atoms with E-state index < -0.39 is 0 Å². The molecule has 0 N–H and O–H groups in total. The molecular formula is C16H19ClN2O2. The number of esters is 1. The molecule has 1 aromatic carbocycles. The van der Waals surface area contributed by atoms with Crippen molar-refractivity contribution in [3.8, 4) is 11.3 Å². The Labute approximate surface area is 129 Å². The maximum absolute atomic E-state index is 12.2. The molecule has 5 heteroatoms. The van der Waals surface area contributed by atoms with Crippen LogP contribution in [-0.4, -0.2) is 22.4 Å². The van der Waals surface area contributed by atoms with Crippen molar-refractivity contribution >= 4 is 17.6 Å². The summed E-state index contributed by atoms with van der Waals surface area (Å²) in [7, 11) is 0. The molecule has 2 aromatic rings. The molecule has 0 aliphatic carbocycles. The van der Waals surface area contributed by atoms with Crippen LogP contribution in [0.25, 0.3) is 11.3 Å². The van der Waals surface area contributed by atoms with Crippen LogP contribution in [0.1, 0.15) is 38.1 Å². The van der Waals surface area contributed by atoms with Crippen molar-refractivity contribution in [3.63, 3.8) is 0 Å². The summed E-state index contributed by atoms with van der Waals surface area (Å²) in [6.45, 7) is 8.17. The van der Waals surface area contributed by atoms with Gasteiger partial charge in [-0.25, -0.2) is 4.79 Å². The summed E-state index contributed by atoms with van der Waals surface area (Å²) in [5, 5.41) is 4.94. The summed E-state index contributed by atoms with van der Waals surface area (Å²) in [4.78, 5) is 12.2. The quantitative estimate of drug-likeness (QED) is 0.801. The Hall–Kier alpha value is -1.81. The molecular weight excluding hydrogens is 288 g/mol. The van der Waals surface area contributed by atoms with Gasteiger partial charge in [-0.15, -0.1) is 0 Å². The van der Waals surface area contributed by atoms with E-state index in [2.05, 4.69) is 5.10 Å². The first-order valence-corrected chi connectivity index (χ1v) is 7.24. The van der Waals surface area contributed by atoms with Crippen LogP contribution < -0.4 is 0 Å². The minimum Gasteiger partial charge on any atom is -0.462 e. The van der Waals surface area contributed by atoms with Crippen LogP contribution in [0.3, 0.4) is 0 Å². The number of nitrogens with zero attached hydrogens (tertiary/aromatic N) is 2. The van der Waals surface area contributed by atoms with Gasteiger partial charge >= 0.3 is 5.97 Å². The summed E-state index contributed by atoms with van der Waals surface area (Å²) in [5.41, 5.74) is 1.61. The average molecular weight is 307 g/mol. The van der Waals surface area contributed by atoms with Crippen molar-refractivity contribution in [1.82, 2.24) is 9.78 Å². The number of benzene rings is 1. The van der Waals surface area contributed by atoms with Crippen LogP contribution in [0.2, 0.25) is 5.02 Å². The van der Waals surface area contributed by atoms with Crippen LogP contribution in [0.5, 0.6) is 0 Å². The molecule has 0 fully saturated rings. The molecule has 0 amide bonds. The van der Waals surface area contributed by atoms with Gasteiger partial charge in [0.05, 0.1) is 24.0 Å². The maximum Gasteiger partial charge on any atom is 0.341 e. The molecule has 0 unspecified atom stereocenters. The van der Waals surface area contributed by atoms with Crippen molar-refractivity contribution in [1.29, 1.82) is 0 Å². The van der Waals surface area contributed by atoms with E-state index in [1.807, 2.05) is 39.0 Å². The third kappa shape index (κ3) is 3.10. The molecule has 0 aliphatic heterocycles. The van der Waals surface area contributed by atoms with Gasteiger partial charge in [-0.2, -0.15) is 5.10 Å². The summed E-state index contributed by atoms with van der Waals surface area (Å²) in [5.74, 6) is -0.386. The minimum absolute atomic E-state index is 0.279. The summed E-state index contributed by atoms with van der Waals surface area (Å²) in [6, 6.07) is 7.42. The number of carbonyl (C=O) groups is 1. The molecule has 112 valence electrons. The second-order valence-electron chi connectivity index (χ2n) is 5.69. The lowest BCUT2D eigenvalue weighted by molar-refractivity contribution is 0.0527. The molecule has 1 aromatic heterocycles. The van der Waals surface area contributed by atoms with E-state index >= 15 is 0 Å². The van der Waals surface area contributed by atoms with E-state index in [1.165, 1.54) is 0 Å². The third-order valence-electron chi connectivity index (χ3n) is 3.03. The topological polar surface area (TPSA) is 44.1 Å². The van der Waals surface area contributed by atoms with Crippen molar-refractivity contribution in [2.75, 3.05) is 6.61 Å². The predicted molar refractivity (Wildman–Crippen MR) is 83.6 cm³/mol. The third-order valence-corrected chi connectivity index (χ3v) is 3.36. The molecule has 0 radical (unpaired) electrons. The van der Waals surface area contributed by atoms with Gasteiger partial charge in [0.2, 0.25) is 0 Å². The molecule has 0 saturated carbocycles. The van der Waals surface area contributed by atoms with E-state index in [0.29, 0.717) is 22.9 Å². The highest BCUT2D eigenvalue weighted by molar-refractivity contribution is 6.33. The number of carbonyl (C=O) groups excluding carboxylic acids is 1. The number of hydrogen-bond donors (Lipinski definition) is 0. The Balaban J connectivity index is 2.68. The second kappa shape index (κ2) is 5.90. The maximum atomic E-state index is 12.2. The lowest BCUT2D eigenvalue weighted by atomic mass is 10.0. The zero-order valence-corrected chi connectivity index (χ0v) is 13.4. The van der Waals surface area contributed by atoms with Gasteiger partial charge in [-0.3, -0.25) is 4.68 Å². The van der Waals surface area contributed by atoms with Gasteiger partial charge in [-0.1, -0.05) is 29.8 Å². The molecule has 0 bridgehead atoms. The summed E-state index contributed by atoms with van der Waals surface area (Å²) >= 11 is 6.30. The lowest BCUT2D eigenvalue weighted by Gasteiger charge is -2.23. The van der Waals surface area contributed by atoms with E-state index in [0.717, 1.165) is 5.56 Å². The molecule has 0 aliphatic rings.